The van der Waals surface area contributed by atoms with Crippen molar-refractivity contribution >= 4 is 0 Å². The standard InChI is InChI=1S/C28H27N3/c1-3-8-22(9-4-1)20-31(21-23-10-5-2-6-11-23)26-15-14-24-12-7-13-27(28(24)18-26)25-16-17-29-30-19-25/h1-13,16-17,19,26H,14-15,18,20-21H2. The molecule has 0 saturated carbocycles. The normalized spacial score (nSPS) is 15.6. The molecule has 0 spiro atoms. The summed E-state index contributed by atoms with van der Waals surface area (Å²) in [4.78, 5) is 2.66. The Balaban J connectivity index is 1.46. The van der Waals surface area contributed by atoms with E-state index in [2.05, 4.69) is 100 Å². The number of rotatable bonds is 6. The number of hydrogen-bond donors (Lipinski definition) is 0. The summed E-state index contributed by atoms with van der Waals surface area (Å²) in [6.45, 7) is 1.93. The predicted molar refractivity (Wildman–Crippen MR) is 125 cm³/mol. The van der Waals surface area contributed by atoms with Gasteiger partial charge in [0.15, 0.2) is 0 Å². The number of hydrogen-bond acceptors (Lipinski definition) is 3. The van der Waals surface area contributed by atoms with Crippen LogP contribution in [0.3, 0.4) is 0 Å². The van der Waals surface area contributed by atoms with Gasteiger partial charge in [0, 0.05) is 24.7 Å². The van der Waals surface area contributed by atoms with Crippen molar-refractivity contribution in [2.75, 3.05) is 0 Å². The average molecular weight is 406 g/mol. The number of fused-ring (bicyclic) bond motifs is 1. The van der Waals surface area contributed by atoms with Gasteiger partial charge in [-0.3, -0.25) is 4.90 Å². The van der Waals surface area contributed by atoms with Crippen molar-refractivity contribution in [3.63, 3.8) is 0 Å². The minimum absolute atomic E-state index is 0.504. The van der Waals surface area contributed by atoms with E-state index in [9.17, 15) is 0 Å². The largest absolute Gasteiger partial charge is 0.292 e. The molecule has 3 aromatic carbocycles. The SMILES string of the molecule is c1ccc(CN(Cc2ccccc2)C2CCc3cccc(-c4ccnnc4)c3C2)cc1. The molecule has 154 valence electrons. The van der Waals surface area contributed by atoms with Gasteiger partial charge in [0.1, 0.15) is 0 Å². The Morgan fingerprint density at radius 3 is 2.10 bits per heavy atom. The number of aryl methyl sites for hydroxylation is 1. The van der Waals surface area contributed by atoms with Crippen molar-refractivity contribution < 1.29 is 0 Å². The summed E-state index contributed by atoms with van der Waals surface area (Å²) in [6.07, 6.45) is 7.03. The quantitative estimate of drug-likeness (QED) is 0.412. The molecule has 0 N–H and O–H groups in total. The summed E-state index contributed by atoms with van der Waals surface area (Å²) in [5.41, 5.74) is 8.15. The second kappa shape index (κ2) is 9.23. The number of aromatic nitrogens is 2. The molecule has 0 aliphatic heterocycles. The van der Waals surface area contributed by atoms with Crippen LogP contribution in [-0.4, -0.2) is 21.1 Å². The van der Waals surface area contributed by atoms with E-state index >= 15 is 0 Å². The topological polar surface area (TPSA) is 29.0 Å². The highest BCUT2D eigenvalue weighted by molar-refractivity contribution is 5.68. The molecule has 4 aromatic rings. The third-order valence-corrected chi connectivity index (χ3v) is 6.33. The highest BCUT2D eigenvalue weighted by Crippen LogP contribution is 2.33. The van der Waals surface area contributed by atoms with Crippen molar-refractivity contribution in [1.82, 2.24) is 15.1 Å². The highest BCUT2D eigenvalue weighted by atomic mass is 15.2. The fraction of sp³-hybridized carbons (Fsp3) is 0.214. The van der Waals surface area contributed by atoms with Gasteiger partial charge in [0.05, 0.1) is 12.4 Å². The zero-order valence-electron chi connectivity index (χ0n) is 17.7. The Morgan fingerprint density at radius 1 is 0.742 bits per heavy atom. The van der Waals surface area contributed by atoms with Crippen LogP contribution in [0.25, 0.3) is 11.1 Å². The first-order chi connectivity index (χ1) is 15.4. The van der Waals surface area contributed by atoms with Gasteiger partial charge in [-0.25, -0.2) is 0 Å². The van der Waals surface area contributed by atoms with Crippen LogP contribution in [0.5, 0.6) is 0 Å². The molecule has 0 saturated heterocycles. The van der Waals surface area contributed by atoms with E-state index in [1.54, 1.807) is 6.20 Å². The van der Waals surface area contributed by atoms with Crippen LogP contribution < -0.4 is 0 Å². The molecule has 3 heteroatoms. The first kappa shape index (κ1) is 19.7. The first-order valence-corrected chi connectivity index (χ1v) is 11.1. The number of benzene rings is 3. The third kappa shape index (κ3) is 4.57. The average Bonchev–Trinajstić information content (AvgIpc) is 2.85. The first-order valence-electron chi connectivity index (χ1n) is 11.1. The van der Waals surface area contributed by atoms with Crippen LogP contribution in [0.15, 0.2) is 97.3 Å². The van der Waals surface area contributed by atoms with Crippen LogP contribution in [0.2, 0.25) is 0 Å². The molecule has 0 radical (unpaired) electrons. The van der Waals surface area contributed by atoms with Gasteiger partial charge >= 0.3 is 0 Å². The van der Waals surface area contributed by atoms with Gasteiger partial charge in [-0.05, 0) is 53.1 Å². The molecule has 3 nitrogen and oxygen atoms in total. The van der Waals surface area contributed by atoms with Crippen molar-refractivity contribution in [2.45, 2.75) is 38.4 Å². The maximum absolute atomic E-state index is 4.12. The molecule has 0 amide bonds. The zero-order valence-corrected chi connectivity index (χ0v) is 17.7. The molecule has 1 aliphatic rings. The molecule has 1 atom stereocenters. The lowest BCUT2D eigenvalue weighted by atomic mass is 9.83. The fourth-order valence-corrected chi connectivity index (χ4v) is 4.75. The predicted octanol–water partition coefficient (Wildman–Crippen LogP) is 5.70. The Hall–Kier alpha value is -3.30. The van der Waals surface area contributed by atoms with E-state index in [0.29, 0.717) is 6.04 Å². The van der Waals surface area contributed by atoms with Gasteiger partial charge in [-0.1, -0.05) is 78.9 Å². The summed E-state index contributed by atoms with van der Waals surface area (Å²) >= 11 is 0. The van der Waals surface area contributed by atoms with Gasteiger partial charge in [0.2, 0.25) is 0 Å². The van der Waals surface area contributed by atoms with E-state index in [0.717, 1.165) is 31.5 Å². The van der Waals surface area contributed by atoms with E-state index in [-0.39, 0.29) is 0 Å². The van der Waals surface area contributed by atoms with Crippen molar-refractivity contribution in [3.8, 4) is 11.1 Å². The zero-order chi connectivity index (χ0) is 20.9. The Labute approximate surface area is 184 Å². The van der Waals surface area contributed by atoms with Crippen LogP contribution in [0, 0.1) is 0 Å². The monoisotopic (exact) mass is 405 g/mol. The summed E-state index contributed by atoms with van der Waals surface area (Å²) in [7, 11) is 0. The summed E-state index contributed by atoms with van der Waals surface area (Å²) < 4.78 is 0. The molecular formula is C28H27N3. The smallest absolute Gasteiger partial charge is 0.0574 e. The summed E-state index contributed by atoms with van der Waals surface area (Å²) in [5.74, 6) is 0. The molecule has 5 rings (SSSR count). The minimum atomic E-state index is 0.504. The fourth-order valence-electron chi connectivity index (χ4n) is 4.75. The summed E-state index contributed by atoms with van der Waals surface area (Å²) in [6, 6.07) is 31.0. The molecule has 31 heavy (non-hydrogen) atoms. The van der Waals surface area contributed by atoms with Gasteiger partial charge in [0.25, 0.3) is 0 Å². The molecular weight excluding hydrogens is 378 g/mol. The van der Waals surface area contributed by atoms with Gasteiger partial charge < -0.3 is 0 Å². The minimum Gasteiger partial charge on any atom is -0.292 e. The number of nitrogens with zero attached hydrogens (tertiary/aromatic N) is 3. The Morgan fingerprint density at radius 2 is 1.45 bits per heavy atom. The van der Waals surface area contributed by atoms with Gasteiger partial charge in [-0.15, -0.1) is 0 Å². The van der Waals surface area contributed by atoms with Crippen molar-refractivity contribution in [2.24, 2.45) is 0 Å². The lowest BCUT2D eigenvalue weighted by Crippen LogP contribution is -2.38. The molecule has 1 unspecified atom stereocenters. The van der Waals surface area contributed by atoms with E-state index in [4.69, 9.17) is 0 Å². The second-order valence-corrected chi connectivity index (χ2v) is 8.35. The maximum Gasteiger partial charge on any atom is 0.0574 e. The van der Waals surface area contributed by atoms with Crippen LogP contribution in [0.4, 0.5) is 0 Å². The van der Waals surface area contributed by atoms with E-state index in [1.807, 2.05) is 6.20 Å². The lowest BCUT2D eigenvalue weighted by Gasteiger charge is -2.36. The highest BCUT2D eigenvalue weighted by Gasteiger charge is 2.26. The molecule has 0 bridgehead atoms. The Bertz CT molecular complexity index is 1070. The molecule has 1 aliphatic carbocycles. The van der Waals surface area contributed by atoms with E-state index in [1.165, 1.54) is 34.2 Å². The third-order valence-electron chi connectivity index (χ3n) is 6.33. The lowest BCUT2D eigenvalue weighted by molar-refractivity contribution is 0.162. The van der Waals surface area contributed by atoms with Crippen LogP contribution in [0.1, 0.15) is 28.7 Å². The van der Waals surface area contributed by atoms with Crippen LogP contribution >= 0.6 is 0 Å². The summed E-state index contributed by atoms with van der Waals surface area (Å²) in [5, 5.41) is 8.08. The molecule has 1 heterocycles. The van der Waals surface area contributed by atoms with Crippen LogP contribution in [-0.2, 0) is 25.9 Å². The van der Waals surface area contributed by atoms with Gasteiger partial charge in [-0.2, -0.15) is 10.2 Å². The molecule has 1 aromatic heterocycles. The van der Waals surface area contributed by atoms with E-state index < -0.39 is 0 Å². The maximum atomic E-state index is 4.12. The Kier molecular flexibility index (Phi) is 5.85. The molecule has 0 fully saturated rings. The van der Waals surface area contributed by atoms with Crippen molar-refractivity contribution in [3.05, 3.63) is 120 Å². The van der Waals surface area contributed by atoms with Crippen molar-refractivity contribution in [1.29, 1.82) is 0 Å². The second-order valence-electron chi connectivity index (χ2n) is 8.35.